The largest absolute Gasteiger partial charge is 0.497 e. The van der Waals surface area contributed by atoms with Crippen molar-refractivity contribution >= 4 is 29.0 Å². The molecule has 0 saturated heterocycles. The summed E-state index contributed by atoms with van der Waals surface area (Å²) >= 11 is 1.58. The molecule has 3 rings (SSSR count). The number of thiophene rings is 1. The Morgan fingerprint density at radius 2 is 2.00 bits per heavy atom. The summed E-state index contributed by atoms with van der Waals surface area (Å²) in [6.07, 6.45) is 0.702. The zero-order valence-electron chi connectivity index (χ0n) is 14.8. The van der Waals surface area contributed by atoms with Gasteiger partial charge < -0.3 is 24.4 Å². The molecule has 1 aliphatic heterocycles. The van der Waals surface area contributed by atoms with Crippen LogP contribution in [-0.4, -0.2) is 44.8 Å². The van der Waals surface area contributed by atoms with Crippen molar-refractivity contribution in [2.24, 2.45) is 0 Å². The number of nitrogens with one attached hydrogen (secondary N) is 1. The van der Waals surface area contributed by atoms with E-state index in [9.17, 15) is 9.59 Å². The molecule has 0 aliphatic carbocycles. The van der Waals surface area contributed by atoms with E-state index in [1.165, 1.54) is 19.1 Å². The average molecular weight is 376 g/mol. The molecular formula is C18H20N2O5S. The van der Waals surface area contributed by atoms with Gasteiger partial charge in [-0.3, -0.25) is 0 Å². The molecule has 1 atom stereocenters. The molecule has 1 aromatic carbocycles. The Balaban J connectivity index is 1.86. The van der Waals surface area contributed by atoms with Crippen LogP contribution in [0.2, 0.25) is 0 Å². The third kappa shape index (κ3) is 3.32. The summed E-state index contributed by atoms with van der Waals surface area (Å²) in [4.78, 5) is 27.8. The molecule has 1 aliphatic rings. The van der Waals surface area contributed by atoms with Crippen molar-refractivity contribution in [2.75, 3.05) is 33.2 Å². The summed E-state index contributed by atoms with van der Waals surface area (Å²) in [5.41, 5.74) is 1.32. The topological polar surface area (TPSA) is 77.1 Å². The van der Waals surface area contributed by atoms with Gasteiger partial charge in [0.15, 0.2) is 6.04 Å². The number of fused-ring (bicyclic) bond motifs is 1. The molecule has 2 heterocycles. The van der Waals surface area contributed by atoms with E-state index in [0.29, 0.717) is 30.2 Å². The highest BCUT2D eigenvalue weighted by Crippen LogP contribution is 2.35. The predicted octanol–water partition coefficient (Wildman–Crippen LogP) is 3.07. The van der Waals surface area contributed by atoms with E-state index in [-0.39, 0.29) is 6.03 Å². The fourth-order valence-corrected chi connectivity index (χ4v) is 3.89. The molecule has 2 aromatic rings. The SMILES string of the molecule is COC(=O)C1c2ccsc2CCN1C(=O)Nc1ccc(OC)cc1OC. The predicted molar refractivity (Wildman–Crippen MR) is 98.1 cm³/mol. The first-order valence-electron chi connectivity index (χ1n) is 8.02. The van der Waals surface area contributed by atoms with E-state index in [1.807, 2.05) is 11.4 Å². The van der Waals surface area contributed by atoms with Crippen molar-refractivity contribution < 1.29 is 23.8 Å². The Hall–Kier alpha value is -2.74. The molecule has 138 valence electrons. The van der Waals surface area contributed by atoms with E-state index >= 15 is 0 Å². The summed E-state index contributed by atoms with van der Waals surface area (Å²) in [5, 5.41) is 4.74. The summed E-state index contributed by atoms with van der Waals surface area (Å²) < 4.78 is 15.4. The second-order valence-electron chi connectivity index (χ2n) is 5.66. The number of carbonyl (C=O) groups excluding carboxylic acids is 2. The summed E-state index contributed by atoms with van der Waals surface area (Å²) in [6, 6.07) is 5.83. The lowest BCUT2D eigenvalue weighted by Crippen LogP contribution is -2.45. The number of hydrogen-bond donors (Lipinski definition) is 1. The first-order chi connectivity index (χ1) is 12.6. The Morgan fingerprint density at radius 3 is 2.69 bits per heavy atom. The Kier molecular flexibility index (Phi) is 5.32. The molecule has 1 unspecified atom stereocenters. The van der Waals surface area contributed by atoms with E-state index in [0.717, 1.165) is 10.4 Å². The van der Waals surface area contributed by atoms with Crippen LogP contribution in [0.15, 0.2) is 29.6 Å². The van der Waals surface area contributed by atoms with Crippen LogP contribution in [0, 0.1) is 0 Å². The quantitative estimate of drug-likeness (QED) is 0.830. The molecule has 0 radical (unpaired) electrons. The second kappa shape index (κ2) is 7.65. The van der Waals surface area contributed by atoms with E-state index in [1.54, 1.807) is 36.6 Å². The smallest absolute Gasteiger partial charge is 0.333 e. The van der Waals surface area contributed by atoms with Gasteiger partial charge in [-0.25, -0.2) is 9.59 Å². The van der Waals surface area contributed by atoms with Crippen molar-refractivity contribution in [1.82, 2.24) is 4.90 Å². The molecule has 1 N–H and O–H groups in total. The van der Waals surface area contributed by atoms with Gasteiger partial charge in [0, 0.05) is 17.5 Å². The van der Waals surface area contributed by atoms with Crippen molar-refractivity contribution in [2.45, 2.75) is 12.5 Å². The average Bonchev–Trinajstić information content (AvgIpc) is 3.15. The number of nitrogens with zero attached hydrogens (tertiary/aromatic N) is 1. The fraction of sp³-hybridized carbons (Fsp3) is 0.333. The lowest BCUT2D eigenvalue weighted by atomic mass is 10.0. The summed E-state index contributed by atoms with van der Waals surface area (Å²) in [7, 11) is 4.39. The molecule has 8 heteroatoms. The first-order valence-corrected chi connectivity index (χ1v) is 8.90. The molecule has 0 bridgehead atoms. The first kappa shape index (κ1) is 18.1. The second-order valence-corrected chi connectivity index (χ2v) is 6.67. The van der Waals surface area contributed by atoms with Gasteiger partial charge in [-0.15, -0.1) is 11.3 Å². The third-order valence-electron chi connectivity index (χ3n) is 4.30. The molecule has 7 nitrogen and oxygen atoms in total. The van der Waals surface area contributed by atoms with Crippen molar-refractivity contribution in [3.05, 3.63) is 40.1 Å². The molecule has 0 spiro atoms. The molecule has 0 saturated carbocycles. The van der Waals surface area contributed by atoms with Gasteiger partial charge in [-0.05, 0) is 35.6 Å². The summed E-state index contributed by atoms with van der Waals surface area (Å²) in [6.45, 7) is 0.428. The Bertz CT molecular complexity index is 820. The van der Waals surface area contributed by atoms with E-state index < -0.39 is 12.0 Å². The summed E-state index contributed by atoms with van der Waals surface area (Å²) in [5.74, 6) is 0.634. The van der Waals surface area contributed by atoms with Gasteiger partial charge >= 0.3 is 12.0 Å². The fourth-order valence-electron chi connectivity index (χ4n) is 2.99. The number of anilines is 1. The highest BCUT2D eigenvalue weighted by Gasteiger charge is 2.37. The maximum atomic E-state index is 12.9. The monoisotopic (exact) mass is 376 g/mol. The number of amides is 2. The van der Waals surface area contributed by atoms with Crippen LogP contribution in [0.4, 0.5) is 10.5 Å². The normalized spacial score (nSPS) is 15.8. The van der Waals surface area contributed by atoms with E-state index in [4.69, 9.17) is 14.2 Å². The lowest BCUT2D eigenvalue weighted by Gasteiger charge is -2.34. The van der Waals surface area contributed by atoms with Gasteiger partial charge in [0.1, 0.15) is 11.5 Å². The van der Waals surface area contributed by atoms with Crippen LogP contribution >= 0.6 is 11.3 Å². The number of hydrogen-bond acceptors (Lipinski definition) is 6. The van der Waals surface area contributed by atoms with Crippen molar-refractivity contribution in [3.63, 3.8) is 0 Å². The van der Waals surface area contributed by atoms with Gasteiger partial charge in [0.2, 0.25) is 0 Å². The van der Waals surface area contributed by atoms with Gasteiger partial charge in [-0.1, -0.05) is 0 Å². The number of urea groups is 1. The number of carbonyl (C=O) groups is 2. The molecule has 26 heavy (non-hydrogen) atoms. The number of esters is 1. The number of methoxy groups -OCH3 is 3. The van der Waals surface area contributed by atoms with Crippen LogP contribution in [0.1, 0.15) is 16.5 Å². The Morgan fingerprint density at radius 1 is 1.19 bits per heavy atom. The van der Waals surface area contributed by atoms with Gasteiger partial charge in [-0.2, -0.15) is 0 Å². The zero-order valence-corrected chi connectivity index (χ0v) is 15.6. The van der Waals surface area contributed by atoms with Crippen LogP contribution in [0.3, 0.4) is 0 Å². The van der Waals surface area contributed by atoms with Crippen LogP contribution < -0.4 is 14.8 Å². The van der Waals surface area contributed by atoms with Gasteiger partial charge in [0.25, 0.3) is 0 Å². The van der Waals surface area contributed by atoms with Gasteiger partial charge in [0.05, 0.1) is 27.0 Å². The molecule has 0 fully saturated rings. The van der Waals surface area contributed by atoms with Crippen molar-refractivity contribution in [3.8, 4) is 11.5 Å². The zero-order chi connectivity index (χ0) is 18.7. The highest BCUT2D eigenvalue weighted by atomic mass is 32.1. The number of rotatable bonds is 4. The lowest BCUT2D eigenvalue weighted by molar-refractivity contribution is -0.146. The van der Waals surface area contributed by atoms with Crippen molar-refractivity contribution in [1.29, 1.82) is 0 Å². The minimum atomic E-state index is -0.751. The van der Waals surface area contributed by atoms with Crippen LogP contribution in [0.25, 0.3) is 0 Å². The maximum absolute atomic E-state index is 12.9. The highest BCUT2D eigenvalue weighted by molar-refractivity contribution is 7.10. The van der Waals surface area contributed by atoms with Crippen LogP contribution in [-0.2, 0) is 16.0 Å². The molecular weight excluding hydrogens is 356 g/mol. The molecule has 1 aromatic heterocycles. The minimum absolute atomic E-state index is 0.388. The van der Waals surface area contributed by atoms with Crippen LogP contribution in [0.5, 0.6) is 11.5 Å². The number of benzene rings is 1. The maximum Gasteiger partial charge on any atom is 0.333 e. The van der Waals surface area contributed by atoms with E-state index in [2.05, 4.69) is 5.32 Å². The number of ether oxygens (including phenoxy) is 3. The Labute approximate surface area is 155 Å². The molecule has 2 amide bonds. The third-order valence-corrected chi connectivity index (χ3v) is 5.30. The minimum Gasteiger partial charge on any atom is -0.497 e. The standard InChI is InChI=1S/C18H20N2O5S/c1-23-11-4-5-13(14(10-11)24-2)19-18(22)20-8-6-15-12(7-9-26-15)16(20)17(21)25-3/h4-5,7,9-10,16H,6,8H2,1-3H3,(H,19,22).